The van der Waals surface area contributed by atoms with E-state index >= 15 is 0 Å². The number of nitrogens with one attached hydrogen (secondary N) is 1. The van der Waals surface area contributed by atoms with Crippen LogP contribution in [0.3, 0.4) is 0 Å². The lowest BCUT2D eigenvalue weighted by molar-refractivity contribution is 0.391. The van der Waals surface area contributed by atoms with Gasteiger partial charge in [-0.3, -0.25) is 0 Å². The highest BCUT2D eigenvalue weighted by Crippen LogP contribution is 2.29. The number of methoxy groups -OCH3 is 2. The van der Waals surface area contributed by atoms with Gasteiger partial charge >= 0.3 is 0 Å². The Morgan fingerprint density at radius 2 is 1.86 bits per heavy atom. The summed E-state index contributed by atoms with van der Waals surface area (Å²) in [6.07, 6.45) is 1.10. The molecule has 1 unspecified atom stereocenters. The molecule has 3 nitrogen and oxygen atoms in total. The lowest BCUT2D eigenvalue weighted by atomic mass is 10.1. The summed E-state index contributed by atoms with van der Waals surface area (Å²) in [6.45, 7) is 5.20. The monoisotopic (exact) mass is 305 g/mol. The van der Waals surface area contributed by atoms with Crippen molar-refractivity contribution in [1.82, 2.24) is 5.32 Å². The highest BCUT2D eigenvalue weighted by atomic mass is 32.1. The van der Waals surface area contributed by atoms with E-state index in [0.717, 1.165) is 30.0 Å². The fourth-order valence-electron chi connectivity index (χ4n) is 2.25. The second-order valence-electron chi connectivity index (χ2n) is 4.93. The second-order valence-corrected chi connectivity index (χ2v) is 6.18. The van der Waals surface area contributed by atoms with Crippen LogP contribution in [0.1, 0.15) is 35.2 Å². The lowest BCUT2D eigenvalue weighted by Crippen LogP contribution is -2.18. The van der Waals surface area contributed by atoms with E-state index in [1.54, 1.807) is 14.2 Å². The maximum Gasteiger partial charge on any atom is 0.123 e. The van der Waals surface area contributed by atoms with Gasteiger partial charge in [0.05, 0.1) is 14.2 Å². The normalized spacial score (nSPS) is 12.2. The molecule has 1 N–H and O–H groups in total. The lowest BCUT2D eigenvalue weighted by Gasteiger charge is -2.18. The van der Waals surface area contributed by atoms with Gasteiger partial charge in [0, 0.05) is 27.9 Å². The molecule has 1 aromatic heterocycles. The molecule has 1 heterocycles. The molecule has 0 bridgehead atoms. The quantitative estimate of drug-likeness (QED) is 0.832. The van der Waals surface area contributed by atoms with Crippen LogP contribution in [0.25, 0.3) is 0 Å². The molecule has 0 fully saturated rings. The zero-order valence-electron chi connectivity index (χ0n) is 13.1. The molecule has 114 valence electrons. The summed E-state index contributed by atoms with van der Waals surface area (Å²) in [5, 5.41) is 3.55. The van der Waals surface area contributed by atoms with Crippen molar-refractivity contribution in [3.8, 4) is 11.5 Å². The van der Waals surface area contributed by atoms with Gasteiger partial charge in [-0.1, -0.05) is 6.92 Å². The third-order valence-corrected chi connectivity index (χ3v) is 4.78. The van der Waals surface area contributed by atoms with Crippen LogP contribution in [0.4, 0.5) is 0 Å². The Kier molecular flexibility index (Phi) is 5.65. The predicted octanol–water partition coefficient (Wildman–Crippen LogP) is 4.18. The highest BCUT2D eigenvalue weighted by Gasteiger charge is 2.12. The van der Waals surface area contributed by atoms with Crippen molar-refractivity contribution >= 4 is 11.3 Å². The summed E-state index contributed by atoms with van der Waals surface area (Å²) in [7, 11) is 3.38. The van der Waals surface area contributed by atoms with Crippen LogP contribution < -0.4 is 14.8 Å². The average Bonchev–Trinajstić information content (AvgIpc) is 3.00. The molecule has 2 rings (SSSR count). The Bertz CT molecular complexity index is 580. The van der Waals surface area contributed by atoms with E-state index in [1.165, 1.54) is 9.75 Å². The predicted molar refractivity (Wildman–Crippen MR) is 88.5 cm³/mol. The van der Waals surface area contributed by atoms with Gasteiger partial charge in [-0.2, -0.15) is 0 Å². The minimum Gasteiger partial charge on any atom is -0.497 e. The van der Waals surface area contributed by atoms with Crippen molar-refractivity contribution in [3.05, 3.63) is 45.6 Å². The van der Waals surface area contributed by atoms with Crippen LogP contribution in [0.2, 0.25) is 0 Å². The first-order valence-corrected chi connectivity index (χ1v) is 8.02. The van der Waals surface area contributed by atoms with Gasteiger partial charge in [0.1, 0.15) is 11.5 Å². The first-order chi connectivity index (χ1) is 10.2. The Morgan fingerprint density at radius 3 is 2.48 bits per heavy atom. The summed E-state index contributed by atoms with van der Waals surface area (Å²) in [5.74, 6) is 1.74. The van der Waals surface area contributed by atoms with Crippen LogP contribution in [-0.4, -0.2) is 14.2 Å². The molecule has 1 aromatic carbocycles. The maximum atomic E-state index is 5.45. The number of hydrogen-bond acceptors (Lipinski definition) is 4. The van der Waals surface area contributed by atoms with Crippen molar-refractivity contribution < 1.29 is 9.47 Å². The van der Waals surface area contributed by atoms with E-state index < -0.39 is 0 Å². The number of aryl methyl sites for hydroxylation is 1. The van der Waals surface area contributed by atoms with E-state index in [1.807, 2.05) is 29.5 Å². The smallest absolute Gasteiger partial charge is 0.123 e. The van der Waals surface area contributed by atoms with E-state index in [-0.39, 0.29) is 6.04 Å². The SMILES string of the molecule is CCc1ccc(CNC(C)c2cc(OC)ccc2OC)s1. The average molecular weight is 305 g/mol. The molecule has 0 aliphatic carbocycles. The zero-order chi connectivity index (χ0) is 15.2. The molecule has 0 saturated heterocycles. The summed E-state index contributed by atoms with van der Waals surface area (Å²) >= 11 is 1.87. The largest absolute Gasteiger partial charge is 0.497 e. The molecule has 2 aromatic rings. The third-order valence-electron chi connectivity index (χ3n) is 3.55. The highest BCUT2D eigenvalue weighted by molar-refractivity contribution is 7.11. The number of thiophene rings is 1. The van der Waals surface area contributed by atoms with Gasteiger partial charge in [0.25, 0.3) is 0 Å². The molecule has 0 saturated carbocycles. The van der Waals surface area contributed by atoms with Crippen LogP contribution in [0, 0.1) is 0 Å². The Balaban J connectivity index is 2.06. The fourth-order valence-corrected chi connectivity index (χ4v) is 3.16. The minimum absolute atomic E-state index is 0.197. The van der Waals surface area contributed by atoms with Gasteiger partial charge in [-0.05, 0) is 43.7 Å². The van der Waals surface area contributed by atoms with Gasteiger partial charge in [0.2, 0.25) is 0 Å². The van der Waals surface area contributed by atoms with E-state index in [2.05, 4.69) is 31.3 Å². The number of benzene rings is 1. The molecule has 4 heteroatoms. The van der Waals surface area contributed by atoms with Gasteiger partial charge in [0.15, 0.2) is 0 Å². The summed E-state index contributed by atoms with van der Waals surface area (Å²) < 4.78 is 10.8. The molecular weight excluding hydrogens is 282 g/mol. The number of rotatable bonds is 7. The van der Waals surface area contributed by atoms with Crippen molar-refractivity contribution in [2.24, 2.45) is 0 Å². The van der Waals surface area contributed by atoms with E-state index in [4.69, 9.17) is 9.47 Å². The Hall–Kier alpha value is -1.52. The maximum absolute atomic E-state index is 5.45. The van der Waals surface area contributed by atoms with Crippen molar-refractivity contribution in [3.63, 3.8) is 0 Å². The molecule has 0 spiro atoms. The molecule has 0 aliphatic heterocycles. The van der Waals surface area contributed by atoms with Crippen LogP contribution in [0.5, 0.6) is 11.5 Å². The van der Waals surface area contributed by atoms with E-state index in [9.17, 15) is 0 Å². The van der Waals surface area contributed by atoms with Crippen molar-refractivity contribution in [2.45, 2.75) is 32.9 Å². The van der Waals surface area contributed by atoms with Crippen LogP contribution in [0.15, 0.2) is 30.3 Å². The number of ether oxygens (including phenoxy) is 2. The zero-order valence-corrected chi connectivity index (χ0v) is 13.9. The van der Waals surface area contributed by atoms with Crippen molar-refractivity contribution in [1.29, 1.82) is 0 Å². The molecule has 0 amide bonds. The van der Waals surface area contributed by atoms with Gasteiger partial charge in [-0.15, -0.1) is 11.3 Å². The molecular formula is C17H23NO2S. The molecule has 0 aliphatic rings. The fraction of sp³-hybridized carbons (Fsp3) is 0.412. The van der Waals surface area contributed by atoms with Crippen LogP contribution in [-0.2, 0) is 13.0 Å². The summed E-state index contributed by atoms with van der Waals surface area (Å²) in [5.41, 5.74) is 1.11. The molecule has 1 atom stereocenters. The first kappa shape index (κ1) is 15.9. The molecule has 21 heavy (non-hydrogen) atoms. The minimum atomic E-state index is 0.197. The molecule has 0 radical (unpaired) electrons. The second kappa shape index (κ2) is 7.48. The Labute approximate surface area is 130 Å². The summed E-state index contributed by atoms with van der Waals surface area (Å²) in [4.78, 5) is 2.79. The van der Waals surface area contributed by atoms with Gasteiger partial charge < -0.3 is 14.8 Å². The topological polar surface area (TPSA) is 30.5 Å². The van der Waals surface area contributed by atoms with Crippen molar-refractivity contribution in [2.75, 3.05) is 14.2 Å². The number of hydrogen-bond donors (Lipinski definition) is 1. The first-order valence-electron chi connectivity index (χ1n) is 7.20. The standard InChI is InChI=1S/C17H23NO2S/c1-5-14-7-8-15(21-14)11-18-12(2)16-10-13(19-3)6-9-17(16)20-4/h6-10,12,18H,5,11H2,1-4H3. The van der Waals surface area contributed by atoms with Crippen LogP contribution >= 0.6 is 11.3 Å². The third kappa shape index (κ3) is 3.99. The Morgan fingerprint density at radius 1 is 1.10 bits per heavy atom. The van der Waals surface area contributed by atoms with E-state index in [0.29, 0.717) is 0 Å². The summed E-state index contributed by atoms with van der Waals surface area (Å²) in [6, 6.07) is 10.5. The van der Waals surface area contributed by atoms with Gasteiger partial charge in [-0.25, -0.2) is 0 Å².